The molecule has 2 aliphatic rings. The molecule has 0 aliphatic heterocycles. The molecule has 0 saturated heterocycles. The molecule has 2 nitrogen and oxygen atoms in total. The largest absolute Gasteiger partial charge is 0.387 e. The normalized spacial score (nSPS) is 21.8. The monoisotopic (exact) mass is 313 g/mol. The number of hydrogen-bond donors (Lipinski definition) is 2. The number of benzene rings is 1. The van der Waals surface area contributed by atoms with Crippen molar-refractivity contribution in [3.05, 3.63) is 33.3 Å². The molecule has 0 radical (unpaired) electrons. The number of nitrogens with one attached hydrogen (secondary N) is 1. The maximum absolute atomic E-state index is 10.3. The van der Waals surface area contributed by atoms with E-state index in [1.165, 1.54) is 25.7 Å². The summed E-state index contributed by atoms with van der Waals surface area (Å²) in [6, 6.07) is 3.68. The van der Waals surface area contributed by atoms with Gasteiger partial charge >= 0.3 is 0 Å². The average molecular weight is 314 g/mol. The number of aliphatic hydroxyl groups is 1. The van der Waals surface area contributed by atoms with Gasteiger partial charge in [-0.25, -0.2) is 0 Å². The summed E-state index contributed by atoms with van der Waals surface area (Å²) in [4.78, 5) is 0. The van der Waals surface area contributed by atoms with Crippen molar-refractivity contribution in [2.24, 2.45) is 11.3 Å². The van der Waals surface area contributed by atoms with Crippen LogP contribution in [-0.2, 0) is 0 Å². The zero-order valence-electron chi connectivity index (χ0n) is 11.8. The van der Waals surface area contributed by atoms with Crippen LogP contribution in [0.25, 0.3) is 0 Å². The molecule has 1 spiro atoms. The zero-order valence-corrected chi connectivity index (χ0v) is 13.3. The minimum absolute atomic E-state index is 0.506. The Morgan fingerprint density at radius 2 is 1.90 bits per heavy atom. The molecule has 3 rings (SSSR count). The molecule has 4 heteroatoms. The second-order valence-corrected chi connectivity index (χ2v) is 7.40. The Kier molecular flexibility index (Phi) is 4.02. The van der Waals surface area contributed by atoms with Gasteiger partial charge in [0.2, 0.25) is 0 Å². The summed E-state index contributed by atoms with van der Waals surface area (Å²) in [5.74, 6) is 0.786. The summed E-state index contributed by atoms with van der Waals surface area (Å²) in [5, 5.41) is 14.7. The van der Waals surface area contributed by atoms with Gasteiger partial charge in [0.25, 0.3) is 0 Å². The van der Waals surface area contributed by atoms with Gasteiger partial charge in [-0.2, -0.15) is 0 Å². The van der Waals surface area contributed by atoms with E-state index in [1.807, 2.05) is 19.1 Å². The molecule has 2 saturated carbocycles. The van der Waals surface area contributed by atoms with Crippen LogP contribution < -0.4 is 5.32 Å². The second kappa shape index (κ2) is 5.49. The van der Waals surface area contributed by atoms with Crippen LogP contribution in [0.3, 0.4) is 0 Å². The third kappa shape index (κ3) is 2.99. The molecule has 2 aliphatic carbocycles. The van der Waals surface area contributed by atoms with Crippen molar-refractivity contribution in [1.82, 2.24) is 5.32 Å². The highest BCUT2D eigenvalue weighted by Crippen LogP contribution is 2.63. The number of aliphatic hydroxyl groups excluding tert-OH is 1. The lowest BCUT2D eigenvalue weighted by Crippen LogP contribution is -2.35. The standard InChI is InChI=1S/C16H21Cl2NO/c1-10-4-12(17)15(13(18)5-10)14(20)9-19-8-11-6-16(7-11)2-3-16/h4-5,11,14,19-20H,2-3,6-9H2,1H3. The van der Waals surface area contributed by atoms with E-state index in [9.17, 15) is 5.11 Å². The van der Waals surface area contributed by atoms with Crippen molar-refractivity contribution >= 4 is 23.2 Å². The van der Waals surface area contributed by atoms with Gasteiger partial charge in [0.15, 0.2) is 0 Å². The van der Waals surface area contributed by atoms with E-state index >= 15 is 0 Å². The molecule has 1 atom stereocenters. The van der Waals surface area contributed by atoms with Crippen LogP contribution in [0.4, 0.5) is 0 Å². The van der Waals surface area contributed by atoms with E-state index in [2.05, 4.69) is 5.32 Å². The first-order valence-corrected chi connectivity index (χ1v) is 8.09. The minimum Gasteiger partial charge on any atom is -0.387 e. The zero-order chi connectivity index (χ0) is 14.3. The Morgan fingerprint density at radius 3 is 2.45 bits per heavy atom. The molecule has 1 aromatic carbocycles. The first kappa shape index (κ1) is 14.6. The highest BCUT2D eigenvalue weighted by molar-refractivity contribution is 6.36. The highest BCUT2D eigenvalue weighted by Gasteiger charge is 2.52. The van der Waals surface area contributed by atoms with Crippen LogP contribution >= 0.6 is 23.2 Å². The van der Waals surface area contributed by atoms with Crippen molar-refractivity contribution < 1.29 is 5.11 Å². The second-order valence-electron chi connectivity index (χ2n) is 6.59. The fourth-order valence-electron chi connectivity index (χ4n) is 3.45. The first-order valence-electron chi connectivity index (χ1n) is 7.33. The summed E-state index contributed by atoms with van der Waals surface area (Å²) in [6.07, 6.45) is 4.94. The van der Waals surface area contributed by atoms with Crippen molar-refractivity contribution in [1.29, 1.82) is 0 Å². The first-order chi connectivity index (χ1) is 9.49. The van der Waals surface area contributed by atoms with E-state index in [-0.39, 0.29) is 0 Å². The summed E-state index contributed by atoms with van der Waals surface area (Å²) >= 11 is 12.4. The van der Waals surface area contributed by atoms with E-state index in [4.69, 9.17) is 23.2 Å². The maximum atomic E-state index is 10.3. The van der Waals surface area contributed by atoms with Crippen LogP contribution in [0.2, 0.25) is 10.0 Å². The molecule has 110 valence electrons. The highest BCUT2D eigenvalue weighted by atomic mass is 35.5. The number of halogens is 2. The van der Waals surface area contributed by atoms with Gasteiger partial charge in [-0.1, -0.05) is 23.2 Å². The Balaban J connectivity index is 1.50. The van der Waals surface area contributed by atoms with Crippen LogP contribution in [-0.4, -0.2) is 18.2 Å². The fourth-order valence-corrected chi connectivity index (χ4v) is 4.30. The molecule has 0 aromatic heterocycles. The molecule has 2 N–H and O–H groups in total. The Labute approximate surface area is 130 Å². The van der Waals surface area contributed by atoms with Crippen LogP contribution in [0.1, 0.15) is 42.9 Å². The smallest absolute Gasteiger partial charge is 0.0943 e. The lowest BCUT2D eigenvalue weighted by molar-refractivity contribution is 0.143. The molecule has 0 heterocycles. The summed E-state index contributed by atoms with van der Waals surface area (Å²) in [5.41, 5.74) is 2.39. The number of hydrogen-bond acceptors (Lipinski definition) is 2. The van der Waals surface area contributed by atoms with Crippen LogP contribution in [0.5, 0.6) is 0 Å². The van der Waals surface area contributed by atoms with E-state index in [1.54, 1.807) is 0 Å². The van der Waals surface area contributed by atoms with E-state index < -0.39 is 6.10 Å². The topological polar surface area (TPSA) is 32.3 Å². The number of aryl methyl sites for hydroxylation is 1. The van der Waals surface area contributed by atoms with Gasteiger partial charge < -0.3 is 10.4 Å². The van der Waals surface area contributed by atoms with Crippen LogP contribution in [0.15, 0.2) is 12.1 Å². The molecule has 1 aromatic rings. The Bertz CT molecular complexity index is 482. The molecular weight excluding hydrogens is 293 g/mol. The van der Waals surface area contributed by atoms with Gasteiger partial charge in [-0.15, -0.1) is 0 Å². The maximum Gasteiger partial charge on any atom is 0.0943 e. The molecule has 0 amide bonds. The Hall–Kier alpha value is -0.280. The third-order valence-electron chi connectivity index (χ3n) is 4.73. The fraction of sp³-hybridized carbons (Fsp3) is 0.625. The van der Waals surface area contributed by atoms with Gasteiger partial charge in [0, 0.05) is 22.2 Å². The lowest BCUT2D eigenvalue weighted by Gasteiger charge is -2.36. The molecule has 0 bridgehead atoms. The van der Waals surface area contributed by atoms with Gasteiger partial charge in [0.05, 0.1) is 6.10 Å². The number of rotatable bonds is 5. The van der Waals surface area contributed by atoms with Crippen molar-refractivity contribution in [3.8, 4) is 0 Å². The quantitative estimate of drug-likeness (QED) is 0.857. The van der Waals surface area contributed by atoms with Crippen LogP contribution in [0, 0.1) is 18.3 Å². The molecule has 1 unspecified atom stereocenters. The summed E-state index contributed by atoms with van der Waals surface area (Å²) in [6.45, 7) is 3.43. The van der Waals surface area contributed by atoms with E-state index in [0.717, 1.165) is 23.4 Å². The SMILES string of the molecule is Cc1cc(Cl)c(C(O)CNCC2CC3(CC3)C2)c(Cl)c1. The Morgan fingerprint density at radius 1 is 1.30 bits per heavy atom. The molecular formula is C16H21Cl2NO. The average Bonchev–Trinajstić information content (AvgIpc) is 3.07. The van der Waals surface area contributed by atoms with Gasteiger partial charge in [-0.3, -0.25) is 0 Å². The third-order valence-corrected chi connectivity index (χ3v) is 5.35. The predicted octanol–water partition coefficient (Wildman–Crippen LogP) is 4.12. The molecule has 20 heavy (non-hydrogen) atoms. The van der Waals surface area contributed by atoms with Crippen molar-refractivity contribution in [2.75, 3.05) is 13.1 Å². The summed E-state index contributed by atoms with van der Waals surface area (Å²) < 4.78 is 0. The van der Waals surface area contributed by atoms with Crippen molar-refractivity contribution in [2.45, 2.75) is 38.7 Å². The van der Waals surface area contributed by atoms with Gasteiger partial charge in [-0.05, 0) is 68.2 Å². The summed E-state index contributed by atoms with van der Waals surface area (Å²) in [7, 11) is 0. The minimum atomic E-state index is -0.648. The predicted molar refractivity (Wildman–Crippen MR) is 83.4 cm³/mol. The van der Waals surface area contributed by atoms with Crippen molar-refractivity contribution in [3.63, 3.8) is 0 Å². The van der Waals surface area contributed by atoms with E-state index in [0.29, 0.717) is 22.2 Å². The van der Waals surface area contributed by atoms with Gasteiger partial charge in [0.1, 0.15) is 0 Å². The lowest BCUT2D eigenvalue weighted by atomic mass is 9.72. The molecule has 2 fully saturated rings.